The van der Waals surface area contributed by atoms with Crippen LogP contribution in [0.3, 0.4) is 0 Å². The second-order valence-corrected chi connectivity index (χ2v) is 7.81. The van der Waals surface area contributed by atoms with Gasteiger partial charge in [-0.25, -0.2) is 0 Å². The fourth-order valence-corrected chi connectivity index (χ4v) is 4.13. The third-order valence-electron chi connectivity index (χ3n) is 4.90. The Bertz CT molecular complexity index is 861. The number of benzene rings is 1. The number of thiophene rings is 1. The minimum absolute atomic E-state index is 0.000433. The van der Waals surface area contributed by atoms with Gasteiger partial charge in [0.15, 0.2) is 0 Å². The van der Waals surface area contributed by atoms with Gasteiger partial charge >= 0.3 is 0 Å². The molecule has 2 heterocycles. The number of ether oxygens (including phenoxy) is 1. The van der Waals surface area contributed by atoms with Gasteiger partial charge in [0.25, 0.3) is 5.91 Å². The first-order valence-electron chi connectivity index (χ1n) is 9.50. The molecule has 1 aliphatic rings. The molecular weight excluding hydrogens is 390 g/mol. The molecule has 1 aromatic heterocycles. The van der Waals surface area contributed by atoms with Crippen molar-refractivity contribution in [3.8, 4) is 5.75 Å². The van der Waals surface area contributed by atoms with E-state index in [1.54, 1.807) is 16.9 Å². The normalized spacial score (nSPS) is 15.0. The zero-order valence-electron chi connectivity index (χ0n) is 16.6. The average molecular weight is 416 g/mol. The molecule has 1 saturated heterocycles. The predicted octanol–water partition coefficient (Wildman–Crippen LogP) is 1.79. The minimum Gasteiger partial charge on any atom is -0.496 e. The zero-order chi connectivity index (χ0) is 20.8. The van der Waals surface area contributed by atoms with E-state index in [0.29, 0.717) is 43.2 Å². The van der Waals surface area contributed by atoms with Crippen LogP contribution >= 0.6 is 11.3 Å². The first kappa shape index (κ1) is 20.9. The Labute approximate surface area is 174 Å². The summed E-state index contributed by atoms with van der Waals surface area (Å²) in [7, 11) is 1.58. The number of nitrogens with zero attached hydrogens (tertiary/aromatic N) is 2. The van der Waals surface area contributed by atoms with E-state index in [0.717, 1.165) is 5.56 Å². The lowest BCUT2D eigenvalue weighted by Gasteiger charge is -2.36. The highest BCUT2D eigenvalue weighted by Crippen LogP contribution is 2.20. The van der Waals surface area contributed by atoms with Crippen LogP contribution in [0, 0.1) is 0 Å². The van der Waals surface area contributed by atoms with Gasteiger partial charge in [0, 0.05) is 39.5 Å². The topological polar surface area (TPSA) is 79.0 Å². The van der Waals surface area contributed by atoms with E-state index in [1.165, 1.54) is 18.3 Å². The molecule has 1 N–H and O–H groups in total. The first-order valence-corrected chi connectivity index (χ1v) is 10.4. The van der Waals surface area contributed by atoms with Crippen molar-refractivity contribution in [3.05, 3.63) is 52.2 Å². The number of hydrogen-bond acceptors (Lipinski definition) is 5. The van der Waals surface area contributed by atoms with Crippen LogP contribution in [-0.2, 0) is 16.0 Å². The van der Waals surface area contributed by atoms with Crippen LogP contribution in [-0.4, -0.2) is 66.9 Å². The molecule has 2 aromatic rings. The molecule has 3 rings (SSSR count). The molecule has 1 aromatic carbocycles. The Balaban J connectivity index is 1.65. The number of nitrogens with one attached hydrogen (secondary N) is 1. The van der Waals surface area contributed by atoms with E-state index < -0.39 is 6.04 Å². The Morgan fingerprint density at radius 1 is 1.07 bits per heavy atom. The van der Waals surface area contributed by atoms with Crippen LogP contribution in [0.4, 0.5) is 0 Å². The monoisotopic (exact) mass is 415 g/mol. The van der Waals surface area contributed by atoms with Gasteiger partial charge in [0.05, 0.1) is 12.0 Å². The second-order valence-electron chi connectivity index (χ2n) is 6.86. The summed E-state index contributed by atoms with van der Waals surface area (Å²) in [6, 6.07) is 10.4. The molecule has 8 heteroatoms. The molecule has 154 valence electrons. The summed E-state index contributed by atoms with van der Waals surface area (Å²) < 4.78 is 5.37. The van der Waals surface area contributed by atoms with Gasteiger partial charge in [-0.1, -0.05) is 24.3 Å². The molecule has 0 saturated carbocycles. The molecule has 29 heavy (non-hydrogen) atoms. The fourth-order valence-electron chi connectivity index (χ4n) is 3.44. The molecule has 0 spiro atoms. The Hall–Kier alpha value is -2.87. The van der Waals surface area contributed by atoms with Crippen LogP contribution in [0.25, 0.3) is 0 Å². The van der Waals surface area contributed by atoms with Gasteiger partial charge in [-0.2, -0.15) is 0 Å². The van der Waals surface area contributed by atoms with E-state index in [9.17, 15) is 14.4 Å². The number of piperazine rings is 1. The van der Waals surface area contributed by atoms with Crippen molar-refractivity contribution < 1.29 is 19.1 Å². The Kier molecular flexibility index (Phi) is 6.87. The predicted molar refractivity (Wildman–Crippen MR) is 111 cm³/mol. The molecule has 7 nitrogen and oxygen atoms in total. The molecule has 0 radical (unpaired) electrons. The number of carbonyl (C=O) groups excluding carboxylic acids is 3. The summed E-state index contributed by atoms with van der Waals surface area (Å²) in [5.74, 6) is 0.278. The summed E-state index contributed by atoms with van der Waals surface area (Å²) in [4.78, 5) is 41.5. The molecule has 1 aliphatic heterocycles. The van der Waals surface area contributed by atoms with Crippen molar-refractivity contribution in [3.63, 3.8) is 0 Å². The summed E-state index contributed by atoms with van der Waals surface area (Å²) in [6.07, 6.45) is 0.344. The van der Waals surface area contributed by atoms with Crippen molar-refractivity contribution in [2.75, 3.05) is 33.3 Å². The van der Waals surface area contributed by atoms with Crippen molar-refractivity contribution in [1.82, 2.24) is 15.1 Å². The number of carbonyl (C=O) groups is 3. The Morgan fingerprint density at radius 3 is 2.38 bits per heavy atom. The van der Waals surface area contributed by atoms with Gasteiger partial charge in [0.2, 0.25) is 11.8 Å². The lowest BCUT2D eigenvalue weighted by Crippen LogP contribution is -2.56. The van der Waals surface area contributed by atoms with Gasteiger partial charge < -0.3 is 19.9 Å². The van der Waals surface area contributed by atoms with Crippen LogP contribution < -0.4 is 10.1 Å². The maximum absolute atomic E-state index is 13.1. The van der Waals surface area contributed by atoms with Crippen molar-refractivity contribution in [2.45, 2.75) is 19.4 Å². The smallest absolute Gasteiger partial charge is 0.264 e. The standard InChI is InChI=1S/C21H25N3O4S/c1-15(25)22-17(14-16-6-3-4-7-18(16)28-2)20(26)23-9-11-24(12-10-23)21(27)19-8-5-13-29-19/h3-8,13,17H,9-12,14H2,1-2H3,(H,22,25)/t17-/m0/s1. The maximum Gasteiger partial charge on any atom is 0.264 e. The van der Waals surface area contributed by atoms with Crippen LogP contribution in [0.2, 0.25) is 0 Å². The first-order chi connectivity index (χ1) is 14.0. The highest BCUT2D eigenvalue weighted by Gasteiger charge is 2.30. The lowest BCUT2D eigenvalue weighted by molar-refractivity contribution is -0.137. The summed E-state index contributed by atoms with van der Waals surface area (Å²) in [6.45, 7) is 3.24. The highest BCUT2D eigenvalue weighted by molar-refractivity contribution is 7.12. The molecule has 3 amide bonds. The number of rotatable bonds is 6. The average Bonchev–Trinajstić information content (AvgIpc) is 3.27. The zero-order valence-corrected chi connectivity index (χ0v) is 17.4. The lowest BCUT2D eigenvalue weighted by atomic mass is 10.0. The van der Waals surface area contributed by atoms with E-state index in [-0.39, 0.29) is 17.7 Å². The third-order valence-corrected chi connectivity index (χ3v) is 5.76. The highest BCUT2D eigenvalue weighted by atomic mass is 32.1. The minimum atomic E-state index is -0.677. The van der Waals surface area contributed by atoms with Gasteiger partial charge in [-0.05, 0) is 23.1 Å². The maximum atomic E-state index is 13.1. The van der Waals surface area contributed by atoms with Crippen molar-refractivity contribution in [1.29, 1.82) is 0 Å². The molecule has 1 fully saturated rings. The van der Waals surface area contributed by atoms with Crippen LogP contribution in [0.15, 0.2) is 41.8 Å². The largest absolute Gasteiger partial charge is 0.496 e. The quantitative estimate of drug-likeness (QED) is 0.780. The number of hydrogen-bond donors (Lipinski definition) is 1. The summed E-state index contributed by atoms with van der Waals surface area (Å²) in [5.41, 5.74) is 0.855. The molecule has 0 bridgehead atoms. The van der Waals surface area contributed by atoms with Gasteiger partial charge in [0.1, 0.15) is 11.8 Å². The van der Waals surface area contributed by atoms with E-state index in [2.05, 4.69) is 5.32 Å². The second kappa shape index (κ2) is 9.56. The summed E-state index contributed by atoms with van der Waals surface area (Å²) in [5, 5.41) is 4.65. The molecule has 1 atom stereocenters. The van der Waals surface area contributed by atoms with E-state index >= 15 is 0 Å². The van der Waals surface area contributed by atoms with Gasteiger partial charge in [-0.15, -0.1) is 11.3 Å². The van der Waals surface area contributed by atoms with Crippen LogP contribution in [0.5, 0.6) is 5.75 Å². The third kappa shape index (κ3) is 5.14. The fraction of sp³-hybridized carbons (Fsp3) is 0.381. The van der Waals surface area contributed by atoms with Crippen molar-refractivity contribution in [2.24, 2.45) is 0 Å². The van der Waals surface area contributed by atoms with E-state index in [1.807, 2.05) is 41.8 Å². The molecule has 0 unspecified atom stereocenters. The van der Waals surface area contributed by atoms with Crippen LogP contribution in [0.1, 0.15) is 22.2 Å². The summed E-state index contributed by atoms with van der Waals surface area (Å²) >= 11 is 1.42. The Morgan fingerprint density at radius 2 is 1.76 bits per heavy atom. The number of para-hydroxylation sites is 1. The van der Waals surface area contributed by atoms with Crippen molar-refractivity contribution >= 4 is 29.1 Å². The van der Waals surface area contributed by atoms with Gasteiger partial charge in [-0.3, -0.25) is 14.4 Å². The van der Waals surface area contributed by atoms with E-state index in [4.69, 9.17) is 4.74 Å². The molecule has 0 aliphatic carbocycles. The SMILES string of the molecule is COc1ccccc1C[C@H](NC(C)=O)C(=O)N1CCN(C(=O)c2cccs2)CC1. The number of methoxy groups -OCH3 is 1. The number of amides is 3. The molecular formula is C21H25N3O4S.